The number of anilines is 3. The van der Waals surface area contributed by atoms with E-state index in [2.05, 4.69) is 214 Å². The van der Waals surface area contributed by atoms with Gasteiger partial charge in [0.25, 0.3) is 0 Å². The zero-order chi connectivity index (χ0) is 46.1. The molecule has 14 aromatic rings. The molecule has 7 heteroatoms. The van der Waals surface area contributed by atoms with Crippen LogP contribution in [0.1, 0.15) is 0 Å². The summed E-state index contributed by atoms with van der Waals surface area (Å²) in [7, 11) is 0. The van der Waals surface area contributed by atoms with Gasteiger partial charge in [-0.3, -0.25) is 9.13 Å². The van der Waals surface area contributed by atoms with Crippen molar-refractivity contribution in [3.05, 3.63) is 243 Å². The standard InChI is InChI=1S/C63H40N6O/c1-3-13-48(14-4-1)68-58-20-10-8-18-56(58)64-61(68)46-25-23-44-39-51(33-29-42(44)37-46)67(50-31-27-41(28-32-50)55-36-35-54-53-17-7-12-22-60(53)70-63(54)66-55)52-34-30-43-38-47(26-24-45(43)40-52)62-65-57-19-9-11-21-59(57)69(62)49-15-5-2-6-16-49/h1-40H. The summed E-state index contributed by atoms with van der Waals surface area (Å²) < 4.78 is 10.7. The summed E-state index contributed by atoms with van der Waals surface area (Å²) in [5.41, 5.74) is 14.8. The van der Waals surface area contributed by atoms with Crippen molar-refractivity contribution < 1.29 is 4.42 Å². The van der Waals surface area contributed by atoms with Gasteiger partial charge < -0.3 is 9.32 Å². The van der Waals surface area contributed by atoms with E-state index >= 15 is 0 Å². The summed E-state index contributed by atoms with van der Waals surface area (Å²) in [6, 6.07) is 85.3. The van der Waals surface area contributed by atoms with Gasteiger partial charge in [0.15, 0.2) is 0 Å². The normalized spacial score (nSPS) is 11.7. The highest BCUT2D eigenvalue weighted by molar-refractivity contribution is 6.04. The molecule has 0 radical (unpaired) electrons. The molecule has 7 nitrogen and oxygen atoms in total. The van der Waals surface area contributed by atoms with Crippen molar-refractivity contribution in [3.63, 3.8) is 0 Å². The van der Waals surface area contributed by atoms with Crippen LogP contribution in [0.3, 0.4) is 0 Å². The van der Waals surface area contributed by atoms with E-state index in [1.165, 1.54) is 0 Å². The lowest BCUT2D eigenvalue weighted by Gasteiger charge is -2.26. The van der Waals surface area contributed by atoms with Crippen LogP contribution >= 0.6 is 0 Å². The van der Waals surface area contributed by atoms with Gasteiger partial charge in [0.2, 0.25) is 5.71 Å². The molecule has 0 unspecified atom stereocenters. The molecule has 10 aromatic carbocycles. The zero-order valence-corrected chi connectivity index (χ0v) is 37.7. The maximum absolute atomic E-state index is 6.18. The minimum atomic E-state index is 0.637. The topological polar surface area (TPSA) is 64.9 Å². The van der Waals surface area contributed by atoms with Crippen molar-refractivity contribution in [3.8, 4) is 45.4 Å². The average molecular weight is 897 g/mol. The molecule has 0 saturated heterocycles. The summed E-state index contributed by atoms with van der Waals surface area (Å²) in [5, 5.41) is 6.59. The monoisotopic (exact) mass is 896 g/mol. The first kappa shape index (κ1) is 39.6. The molecule has 328 valence electrons. The van der Waals surface area contributed by atoms with Gasteiger partial charge in [-0.1, -0.05) is 127 Å². The smallest absolute Gasteiger partial charge is 0.227 e. The van der Waals surface area contributed by atoms with E-state index in [0.717, 1.165) is 122 Å². The van der Waals surface area contributed by atoms with Crippen LogP contribution < -0.4 is 4.90 Å². The van der Waals surface area contributed by atoms with Crippen molar-refractivity contribution >= 4 is 82.7 Å². The van der Waals surface area contributed by atoms with Crippen LogP contribution in [0, 0.1) is 0 Å². The number of fused-ring (bicyclic) bond motifs is 7. The third-order valence-electron chi connectivity index (χ3n) is 13.5. The molecule has 4 aromatic heterocycles. The lowest BCUT2D eigenvalue weighted by Crippen LogP contribution is -2.10. The van der Waals surface area contributed by atoms with Gasteiger partial charge >= 0.3 is 0 Å². The molecule has 0 aliphatic rings. The summed E-state index contributed by atoms with van der Waals surface area (Å²) in [4.78, 5) is 17.6. The molecule has 0 aliphatic heterocycles. The summed E-state index contributed by atoms with van der Waals surface area (Å²) in [5.74, 6) is 1.82. The number of rotatable bonds is 8. The van der Waals surface area contributed by atoms with Crippen molar-refractivity contribution in [2.24, 2.45) is 0 Å². The molecule has 0 bridgehead atoms. The quantitative estimate of drug-likeness (QED) is 0.152. The van der Waals surface area contributed by atoms with Crippen molar-refractivity contribution in [1.82, 2.24) is 24.1 Å². The third kappa shape index (κ3) is 6.63. The number of aromatic nitrogens is 5. The Balaban J connectivity index is 0.871. The van der Waals surface area contributed by atoms with Gasteiger partial charge in [0.1, 0.15) is 17.2 Å². The fourth-order valence-corrected chi connectivity index (χ4v) is 10.1. The average Bonchev–Trinajstić information content (AvgIpc) is 4.13. The number of pyridine rings is 1. The van der Waals surface area contributed by atoms with Gasteiger partial charge in [-0.15, -0.1) is 0 Å². The summed E-state index contributed by atoms with van der Waals surface area (Å²) >= 11 is 0. The fourth-order valence-electron chi connectivity index (χ4n) is 10.1. The van der Waals surface area contributed by atoms with Gasteiger partial charge in [0, 0.05) is 55.9 Å². The van der Waals surface area contributed by atoms with Crippen molar-refractivity contribution in [1.29, 1.82) is 0 Å². The second-order valence-electron chi connectivity index (χ2n) is 17.7. The zero-order valence-electron chi connectivity index (χ0n) is 37.7. The molecular formula is C63H40N6O. The number of furan rings is 1. The molecule has 0 amide bonds. The van der Waals surface area contributed by atoms with Crippen LogP contribution in [-0.4, -0.2) is 24.1 Å². The van der Waals surface area contributed by atoms with Crippen molar-refractivity contribution in [2.45, 2.75) is 0 Å². The molecular weight excluding hydrogens is 857 g/mol. The highest BCUT2D eigenvalue weighted by atomic mass is 16.3. The molecule has 0 aliphatic carbocycles. The highest BCUT2D eigenvalue weighted by Crippen LogP contribution is 2.41. The van der Waals surface area contributed by atoms with E-state index in [0.29, 0.717) is 5.71 Å². The minimum absolute atomic E-state index is 0.637. The Bertz CT molecular complexity index is 4100. The second-order valence-corrected chi connectivity index (χ2v) is 17.7. The van der Waals surface area contributed by atoms with Gasteiger partial charge in [-0.25, -0.2) is 15.0 Å². The van der Waals surface area contributed by atoms with Crippen LogP contribution in [0.2, 0.25) is 0 Å². The molecule has 70 heavy (non-hydrogen) atoms. The molecule has 14 rings (SSSR count). The summed E-state index contributed by atoms with van der Waals surface area (Å²) in [6.07, 6.45) is 0. The van der Waals surface area contributed by atoms with E-state index < -0.39 is 0 Å². The van der Waals surface area contributed by atoms with Crippen LogP contribution in [0.4, 0.5) is 17.1 Å². The molecule has 4 heterocycles. The SMILES string of the molecule is c1ccc(-n2c(-c3ccc4cc(N(c5ccc(-c6ccc7c(n6)oc6ccccc67)cc5)c5ccc6cc(-c7nc8ccccc8n7-c7ccccc7)ccc6c5)ccc4c3)nc3ccccc32)cc1. The Morgan fingerprint density at radius 3 is 1.40 bits per heavy atom. The maximum Gasteiger partial charge on any atom is 0.227 e. The maximum atomic E-state index is 6.18. The Hall–Kier alpha value is -9.59. The lowest BCUT2D eigenvalue weighted by atomic mass is 10.0. The van der Waals surface area contributed by atoms with E-state index in [-0.39, 0.29) is 0 Å². The minimum Gasteiger partial charge on any atom is -0.438 e. The second kappa shape index (κ2) is 16.0. The van der Waals surface area contributed by atoms with Crippen LogP contribution in [0.25, 0.3) is 111 Å². The van der Waals surface area contributed by atoms with E-state index in [1.807, 2.05) is 42.5 Å². The van der Waals surface area contributed by atoms with Crippen LogP contribution in [0.15, 0.2) is 247 Å². The predicted octanol–water partition coefficient (Wildman–Crippen LogP) is 16.4. The number of hydrogen-bond donors (Lipinski definition) is 0. The number of benzene rings is 10. The Labute approximate surface area is 402 Å². The highest BCUT2D eigenvalue weighted by Gasteiger charge is 2.19. The first-order chi connectivity index (χ1) is 34.7. The van der Waals surface area contributed by atoms with Gasteiger partial charge in [-0.2, -0.15) is 0 Å². The first-order valence-electron chi connectivity index (χ1n) is 23.5. The molecule has 0 spiro atoms. The van der Waals surface area contributed by atoms with E-state index in [4.69, 9.17) is 19.4 Å². The number of imidazole rings is 2. The van der Waals surface area contributed by atoms with Crippen LogP contribution in [0.5, 0.6) is 0 Å². The third-order valence-corrected chi connectivity index (χ3v) is 13.5. The molecule has 0 atom stereocenters. The Morgan fingerprint density at radius 1 is 0.343 bits per heavy atom. The number of hydrogen-bond acceptors (Lipinski definition) is 5. The van der Waals surface area contributed by atoms with E-state index in [9.17, 15) is 0 Å². The van der Waals surface area contributed by atoms with Crippen LogP contribution in [-0.2, 0) is 0 Å². The Kier molecular flexibility index (Phi) is 9.07. The van der Waals surface area contributed by atoms with E-state index in [1.54, 1.807) is 0 Å². The Morgan fingerprint density at radius 2 is 0.814 bits per heavy atom. The number of nitrogens with zero attached hydrogens (tertiary/aromatic N) is 6. The fraction of sp³-hybridized carbons (Fsp3) is 0. The van der Waals surface area contributed by atoms with Crippen molar-refractivity contribution in [2.75, 3.05) is 4.90 Å². The van der Waals surface area contributed by atoms with Gasteiger partial charge in [-0.05, 0) is 137 Å². The molecule has 0 fully saturated rings. The molecule has 0 saturated carbocycles. The number of para-hydroxylation sites is 7. The first-order valence-corrected chi connectivity index (χ1v) is 23.5. The predicted molar refractivity (Wildman–Crippen MR) is 287 cm³/mol. The summed E-state index contributed by atoms with van der Waals surface area (Å²) in [6.45, 7) is 0. The molecule has 0 N–H and O–H groups in total. The largest absolute Gasteiger partial charge is 0.438 e. The van der Waals surface area contributed by atoms with Gasteiger partial charge in [0.05, 0.1) is 27.8 Å². The lowest BCUT2D eigenvalue weighted by molar-refractivity contribution is 0.654.